The second-order valence-corrected chi connectivity index (χ2v) is 4.68. The maximum absolute atomic E-state index is 11.6. The lowest BCUT2D eigenvalue weighted by molar-refractivity contribution is -0.384. The summed E-state index contributed by atoms with van der Waals surface area (Å²) in [5.74, 6) is -0.170. The molecule has 0 aliphatic carbocycles. The van der Waals surface area contributed by atoms with Crippen molar-refractivity contribution in [3.05, 3.63) is 33.9 Å². The number of rotatable bonds is 4. The van der Waals surface area contributed by atoms with E-state index in [-0.39, 0.29) is 16.8 Å². The first-order valence-electron chi connectivity index (χ1n) is 5.84. The largest absolute Gasteiger partial charge is 0.378 e. The Morgan fingerprint density at radius 1 is 1.42 bits per heavy atom. The summed E-state index contributed by atoms with van der Waals surface area (Å²) in [4.78, 5) is 24.2. The summed E-state index contributed by atoms with van der Waals surface area (Å²) in [5.41, 5.74) is 0.855. The maximum atomic E-state index is 11.6. The van der Waals surface area contributed by atoms with Crippen LogP contribution in [0.4, 0.5) is 11.4 Å². The second kappa shape index (κ2) is 6.12. The lowest BCUT2D eigenvalue weighted by Crippen LogP contribution is -2.36. The van der Waals surface area contributed by atoms with Crippen molar-refractivity contribution < 1.29 is 14.5 Å². The van der Waals surface area contributed by atoms with Crippen LogP contribution in [-0.4, -0.2) is 42.3 Å². The highest BCUT2D eigenvalue weighted by atomic mass is 79.9. The number of benzene rings is 1. The number of morpholine rings is 1. The number of nitro groups is 1. The van der Waals surface area contributed by atoms with E-state index in [4.69, 9.17) is 4.74 Å². The lowest BCUT2D eigenvalue weighted by Gasteiger charge is -2.28. The number of Topliss-reactive ketones (excluding diaryl/α,β-unsaturated/α-hetero) is 1. The molecule has 1 aliphatic heterocycles. The number of nitro benzene ring substituents is 1. The van der Waals surface area contributed by atoms with Gasteiger partial charge in [-0.2, -0.15) is 0 Å². The summed E-state index contributed by atoms with van der Waals surface area (Å²) in [6, 6.07) is 4.61. The Labute approximate surface area is 118 Å². The minimum absolute atomic E-state index is 0.0336. The zero-order chi connectivity index (χ0) is 13.8. The molecule has 0 amide bonds. The Balaban J connectivity index is 2.37. The van der Waals surface area contributed by atoms with Gasteiger partial charge in [0.1, 0.15) is 5.69 Å². The minimum atomic E-state index is -0.449. The molecule has 7 heteroatoms. The van der Waals surface area contributed by atoms with Crippen LogP contribution in [0, 0.1) is 10.1 Å². The normalized spacial score (nSPS) is 15.3. The van der Waals surface area contributed by atoms with Gasteiger partial charge >= 0.3 is 0 Å². The van der Waals surface area contributed by atoms with E-state index in [1.54, 1.807) is 12.1 Å². The number of carbonyl (C=O) groups is 1. The molecule has 1 aromatic carbocycles. The third-order valence-corrected chi connectivity index (χ3v) is 3.48. The summed E-state index contributed by atoms with van der Waals surface area (Å²) in [6.07, 6.45) is 0. The van der Waals surface area contributed by atoms with E-state index in [0.29, 0.717) is 37.6 Å². The molecule has 1 fully saturated rings. The average molecular weight is 329 g/mol. The van der Waals surface area contributed by atoms with Crippen molar-refractivity contribution in [3.8, 4) is 0 Å². The van der Waals surface area contributed by atoms with E-state index in [9.17, 15) is 14.9 Å². The van der Waals surface area contributed by atoms with Crippen LogP contribution >= 0.6 is 15.9 Å². The molecule has 0 unspecified atom stereocenters. The van der Waals surface area contributed by atoms with Crippen LogP contribution in [0.5, 0.6) is 0 Å². The first-order valence-corrected chi connectivity index (χ1v) is 6.96. The maximum Gasteiger partial charge on any atom is 0.293 e. The summed E-state index contributed by atoms with van der Waals surface area (Å²) in [5, 5.41) is 11.3. The van der Waals surface area contributed by atoms with Crippen LogP contribution in [0.1, 0.15) is 10.4 Å². The molecule has 102 valence electrons. The van der Waals surface area contributed by atoms with E-state index in [2.05, 4.69) is 15.9 Å². The smallest absolute Gasteiger partial charge is 0.293 e. The van der Waals surface area contributed by atoms with Gasteiger partial charge in [-0.15, -0.1) is 0 Å². The minimum Gasteiger partial charge on any atom is -0.378 e. The number of ketones is 1. The lowest BCUT2D eigenvalue weighted by atomic mass is 10.1. The second-order valence-electron chi connectivity index (χ2n) is 4.12. The first-order chi connectivity index (χ1) is 9.13. The van der Waals surface area contributed by atoms with Gasteiger partial charge in [0.25, 0.3) is 5.69 Å². The number of hydrogen-bond donors (Lipinski definition) is 0. The van der Waals surface area contributed by atoms with Crippen molar-refractivity contribution in [2.45, 2.75) is 0 Å². The number of nitrogens with zero attached hydrogens (tertiary/aromatic N) is 2. The molecule has 0 bridgehead atoms. The highest BCUT2D eigenvalue weighted by molar-refractivity contribution is 9.09. The van der Waals surface area contributed by atoms with Crippen LogP contribution in [-0.2, 0) is 4.74 Å². The van der Waals surface area contributed by atoms with Gasteiger partial charge in [-0.25, -0.2) is 0 Å². The molecular weight excluding hydrogens is 316 g/mol. The van der Waals surface area contributed by atoms with E-state index in [1.165, 1.54) is 6.07 Å². The van der Waals surface area contributed by atoms with Crippen molar-refractivity contribution in [1.82, 2.24) is 0 Å². The molecule has 2 rings (SSSR count). The SMILES string of the molecule is O=C(CBr)c1ccc(N2CCOCC2)c([N+](=O)[O-])c1. The standard InChI is InChI=1S/C12H13BrN2O4/c13-8-12(16)9-1-2-10(11(7-9)15(17)18)14-3-5-19-6-4-14/h1-2,7H,3-6,8H2. The Bertz CT molecular complexity index is 501. The molecule has 1 saturated heterocycles. The number of halogens is 1. The third kappa shape index (κ3) is 3.10. The molecule has 0 atom stereocenters. The van der Waals surface area contributed by atoms with Gasteiger partial charge in [0, 0.05) is 24.7 Å². The summed E-state index contributed by atoms with van der Waals surface area (Å²) >= 11 is 3.06. The molecule has 19 heavy (non-hydrogen) atoms. The van der Waals surface area contributed by atoms with Crippen LogP contribution in [0.2, 0.25) is 0 Å². The van der Waals surface area contributed by atoms with Gasteiger partial charge in [0.2, 0.25) is 0 Å². The van der Waals surface area contributed by atoms with Crippen LogP contribution < -0.4 is 4.90 Å². The monoisotopic (exact) mass is 328 g/mol. The first kappa shape index (κ1) is 14.0. The van der Waals surface area contributed by atoms with E-state index < -0.39 is 4.92 Å². The van der Waals surface area contributed by atoms with E-state index >= 15 is 0 Å². The van der Waals surface area contributed by atoms with Crippen molar-refractivity contribution in [2.24, 2.45) is 0 Å². The fourth-order valence-electron chi connectivity index (χ4n) is 1.99. The average Bonchev–Trinajstić information content (AvgIpc) is 2.46. The Hall–Kier alpha value is -1.47. The zero-order valence-electron chi connectivity index (χ0n) is 10.2. The van der Waals surface area contributed by atoms with Crippen molar-refractivity contribution >= 4 is 33.1 Å². The number of anilines is 1. The number of carbonyl (C=O) groups excluding carboxylic acids is 1. The summed E-state index contributed by atoms with van der Waals surface area (Å²) in [7, 11) is 0. The molecule has 1 heterocycles. The fourth-order valence-corrected chi connectivity index (χ4v) is 2.32. The molecule has 0 spiro atoms. The highest BCUT2D eigenvalue weighted by Gasteiger charge is 2.22. The molecule has 0 N–H and O–H groups in total. The quantitative estimate of drug-likeness (QED) is 0.366. The molecule has 0 radical (unpaired) electrons. The highest BCUT2D eigenvalue weighted by Crippen LogP contribution is 2.30. The predicted molar refractivity (Wildman–Crippen MR) is 74.3 cm³/mol. The molecule has 6 nitrogen and oxygen atoms in total. The zero-order valence-corrected chi connectivity index (χ0v) is 11.8. The Morgan fingerprint density at radius 2 is 2.11 bits per heavy atom. The van der Waals surface area contributed by atoms with Gasteiger partial charge in [-0.1, -0.05) is 15.9 Å². The topological polar surface area (TPSA) is 72.7 Å². The number of ether oxygens (including phenoxy) is 1. The van der Waals surface area contributed by atoms with Gasteiger partial charge in [-0.3, -0.25) is 14.9 Å². The molecular formula is C12H13BrN2O4. The Kier molecular flexibility index (Phi) is 4.49. The molecule has 1 aliphatic rings. The summed E-state index contributed by atoms with van der Waals surface area (Å²) < 4.78 is 5.23. The van der Waals surface area contributed by atoms with Crippen molar-refractivity contribution in [3.63, 3.8) is 0 Å². The van der Waals surface area contributed by atoms with Gasteiger partial charge in [0.15, 0.2) is 5.78 Å². The summed E-state index contributed by atoms with van der Waals surface area (Å²) in [6.45, 7) is 2.34. The van der Waals surface area contributed by atoms with Crippen LogP contribution in [0.15, 0.2) is 18.2 Å². The van der Waals surface area contributed by atoms with Crippen LogP contribution in [0.3, 0.4) is 0 Å². The van der Waals surface area contributed by atoms with Gasteiger partial charge in [-0.05, 0) is 12.1 Å². The number of hydrogen-bond acceptors (Lipinski definition) is 5. The molecule has 1 aromatic rings. The predicted octanol–water partition coefficient (Wildman–Crippen LogP) is 2.01. The third-order valence-electron chi connectivity index (χ3n) is 2.97. The number of alkyl halides is 1. The molecule has 0 aromatic heterocycles. The van der Waals surface area contributed by atoms with Crippen molar-refractivity contribution in [2.75, 3.05) is 36.5 Å². The van der Waals surface area contributed by atoms with E-state index in [0.717, 1.165) is 0 Å². The van der Waals surface area contributed by atoms with E-state index in [1.807, 2.05) is 4.90 Å². The molecule has 0 saturated carbocycles. The van der Waals surface area contributed by atoms with Crippen molar-refractivity contribution in [1.29, 1.82) is 0 Å². The van der Waals surface area contributed by atoms with Crippen LogP contribution in [0.25, 0.3) is 0 Å². The Morgan fingerprint density at radius 3 is 2.68 bits per heavy atom. The fraction of sp³-hybridized carbons (Fsp3) is 0.417. The van der Waals surface area contributed by atoms with Gasteiger partial charge < -0.3 is 9.64 Å². The van der Waals surface area contributed by atoms with Gasteiger partial charge in [0.05, 0.1) is 23.5 Å².